The van der Waals surface area contributed by atoms with Crippen LogP contribution in [0.15, 0.2) is 42.5 Å². The molecule has 1 N–H and O–H groups in total. The van der Waals surface area contributed by atoms with Crippen LogP contribution >= 0.6 is 23.2 Å². The average molecular weight is 298 g/mol. The Balaban J connectivity index is 2.02. The van der Waals surface area contributed by atoms with E-state index >= 15 is 0 Å². The summed E-state index contributed by atoms with van der Waals surface area (Å²) < 4.78 is 12.8. The fourth-order valence-electron chi connectivity index (χ4n) is 1.90. The number of anilines is 1. The van der Waals surface area contributed by atoms with E-state index in [1.807, 2.05) is 6.92 Å². The minimum atomic E-state index is -0.220. The van der Waals surface area contributed by atoms with Crippen LogP contribution in [0.1, 0.15) is 12.5 Å². The fraction of sp³-hybridized carbons (Fsp3) is 0.200. The van der Waals surface area contributed by atoms with Gasteiger partial charge in [0.1, 0.15) is 5.82 Å². The Hall–Kier alpha value is -1.25. The van der Waals surface area contributed by atoms with Crippen molar-refractivity contribution < 1.29 is 4.39 Å². The number of halogens is 3. The second-order valence-electron chi connectivity index (χ2n) is 4.50. The molecule has 0 aromatic heterocycles. The van der Waals surface area contributed by atoms with E-state index in [0.717, 1.165) is 17.7 Å². The van der Waals surface area contributed by atoms with E-state index < -0.39 is 0 Å². The number of benzene rings is 2. The Morgan fingerprint density at radius 3 is 2.47 bits per heavy atom. The van der Waals surface area contributed by atoms with Gasteiger partial charge >= 0.3 is 0 Å². The molecule has 0 bridgehead atoms. The molecule has 2 aromatic carbocycles. The van der Waals surface area contributed by atoms with Gasteiger partial charge in [0.05, 0.1) is 10.7 Å². The van der Waals surface area contributed by atoms with Gasteiger partial charge in [-0.05, 0) is 49.2 Å². The highest BCUT2D eigenvalue weighted by Crippen LogP contribution is 2.26. The van der Waals surface area contributed by atoms with Gasteiger partial charge in [0.2, 0.25) is 0 Å². The normalized spacial score (nSPS) is 12.2. The third-order valence-electron chi connectivity index (χ3n) is 2.79. The molecule has 0 saturated heterocycles. The molecule has 1 unspecified atom stereocenters. The first-order valence-electron chi connectivity index (χ1n) is 6.00. The van der Waals surface area contributed by atoms with Crippen molar-refractivity contribution in [3.63, 3.8) is 0 Å². The van der Waals surface area contributed by atoms with Crippen molar-refractivity contribution in [1.29, 1.82) is 0 Å². The Morgan fingerprint density at radius 1 is 1.11 bits per heavy atom. The third-order valence-corrected chi connectivity index (χ3v) is 3.35. The summed E-state index contributed by atoms with van der Waals surface area (Å²) in [6.45, 7) is 2.04. The smallest absolute Gasteiger partial charge is 0.123 e. The fourth-order valence-corrected chi connectivity index (χ4v) is 2.24. The van der Waals surface area contributed by atoms with Crippen LogP contribution in [0.25, 0.3) is 0 Å². The van der Waals surface area contributed by atoms with Crippen molar-refractivity contribution in [2.24, 2.45) is 0 Å². The summed E-state index contributed by atoms with van der Waals surface area (Å²) in [5, 5.41) is 4.58. The molecule has 1 atom stereocenters. The highest BCUT2D eigenvalue weighted by molar-refractivity contribution is 6.35. The van der Waals surface area contributed by atoms with E-state index in [0.29, 0.717) is 10.0 Å². The zero-order valence-electron chi connectivity index (χ0n) is 10.5. The van der Waals surface area contributed by atoms with Crippen LogP contribution in [0.4, 0.5) is 10.1 Å². The van der Waals surface area contributed by atoms with Gasteiger partial charge < -0.3 is 5.32 Å². The van der Waals surface area contributed by atoms with Crippen LogP contribution in [0, 0.1) is 5.82 Å². The lowest BCUT2D eigenvalue weighted by Gasteiger charge is -2.16. The van der Waals surface area contributed by atoms with Crippen molar-refractivity contribution in [2.75, 3.05) is 5.32 Å². The minimum Gasteiger partial charge on any atom is -0.381 e. The van der Waals surface area contributed by atoms with Crippen molar-refractivity contribution in [2.45, 2.75) is 19.4 Å². The number of rotatable bonds is 4. The summed E-state index contributed by atoms with van der Waals surface area (Å²) in [7, 11) is 0. The molecule has 4 heteroatoms. The topological polar surface area (TPSA) is 12.0 Å². The van der Waals surface area contributed by atoms with E-state index in [9.17, 15) is 4.39 Å². The van der Waals surface area contributed by atoms with Crippen LogP contribution in [-0.4, -0.2) is 6.04 Å². The Morgan fingerprint density at radius 2 is 1.79 bits per heavy atom. The van der Waals surface area contributed by atoms with Crippen LogP contribution in [-0.2, 0) is 6.42 Å². The Bertz CT molecular complexity index is 555. The molecule has 0 aliphatic heterocycles. The van der Waals surface area contributed by atoms with E-state index in [1.54, 1.807) is 30.3 Å². The maximum atomic E-state index is 12.8. The molecule has 0 aliphatic carbocycles. The second kappa shape index (κ2) is 6.27. The molecule has 0 heterocycles. The molecule has 100 valence electrons. The third kappa shape index (κ3) is 4.12. The Labute approximate surface area is 122 Å². The van der Waals surface area contributed by atoms with Gasteiger partial charge in [-0.2, -0.15) is 0 Å². The summed E-state index contributed by atoms with van der Waals surface area (Å²) in [5.74, 6) is -0.220. The first-order chi connectivity index (χ1) is 9.04. The summed E-state index contributed by atoms with van der Waals surface area (Å²) in [4.78, 5) is 0. The summed E-state index contributed by atoms with van der Waals surface area (Å²) in [5.41, 5.74) is 1.88. The SMILES string of the molecule is CC(Cc1ccc(F)cc1)Nc1cc(Cl)ccc1Cl. The average Bonchev–Trinajstić information content (AvgIpc) is 2.37. The van der Waals surface area contributed by atoms with Gasteiger partial charge in [-0.25, -0.2) is 4.39 Å². The molecule has 0 radical (unpaired) electrons. The van der Waals surface area contributed by atoms with Crippen molar-refractivity contribution in [3.05, 3.63) is 63.9 Å². The quantitative estimate of drug-likeness (QED) is 0.820. The summed E-state index contributed by atoms with van der Waals surface area (Å²) in [6.07, 6.45) is 0.781. The van der Waals surface area contributed by atoms with Gasteiger partial charge in [-0.1, -0.05) is 35.3 Å². The lowest BCUT2D eigenvalue weighted by atomic mass is 10.1. The molecule has 2 rings (SSSR count). The van der Waals surface area contributed by atoms with Gasteiger partial charge in [-0.15, -0.1) is 0 Å². The van der Waals surface area contributed by atoms with Crippen molar-refractivity contribution >= 4 is 28.9 Å². The molecule has 0 saturated carbocycles. The molecule has 0 spiro atoms. The number of hydrogen-bond donors (Lipinski definition) is 1. The molecule has 0 fully saturated rings. The number of nitrogens with one attached hydrogen (secondary N) is 1. The van der Waals surface area contributed by atoms with Crippen molar-refractivity contribution in [1.82, 2.24) is 0 Å². The molecule has 2 aromatic rings. The van der Waals surface area contributed by atoms with Crippen LogP contribution in [0.2, 0.25) is 10.0 Å². The largest absolute Gasteiger partial charge is 0.381 e. The lowest BCUT2D eigenvalue weighted by molar-refractivity contribution is 0.626. The zero-order chi connectivity index (χ0) is 13.8. The zero-order valence-corrected chi connectivity index (χ0v) is 12.0. The maximum Gasteiger partial charge on any atom is 0.123 e. The van der Waals surface area contributed by atoms with E-state index in [2.05, 4.69) is 5.32 Å². The summed E-state index contributed by atoms with van der Waals surface area (Å²) in [6, 6.07) is 12.0. The molecule has 19 heavy (non-hydrogen) atoms. The van der Waals surface area contributed by atoms with Gasteiger partial charge in [-0.3, -0.25) is 0 Å². The Kier molecular flexibility index (Phi) is 4.67. The van der Waals surface area contributed by atoms with Crippen LogP contribution in [0.3, 0.4) is 0 Å². The first kappa shape index (κ1) is 14.2. The van der Waals surface area contributed by atoms with Crippen LogP contribution in [0.5, 0.6) is 0 Å². The monoisotopic (exact) mass is 297 g/mol. The standard InChI is InChI=1S/C15H14Cl2FN/c1-10(8-11-2-5-13(18)6-3-11)19-15-9-12(16)4-7-14(15)17/h2-7,9-10,19H,8H2,1H3. The lowest BCUT2D eigenvalue weighted by Crippen LogP contribution is -2.18. The second-order valence-corrected chi connectivity index (χ2v) is 5.34. The van der Waals surface area contributed by atoms with Gasteiger partial charge in [0.25, 0.3) is 0 Å². The van der Waals surface area contributed by atoms with Gasteiger partial charge in [0, 0.05) is 11.1 Å². The molecular weight excluding hydrogens is 284 g/mol. The van der Waals surface area contributed by atoms with Gasteiger partial charge in [0.15, 0.2) is 0 Å². The predicted octanol–water partition coefficient (Wildman–Crippen LogP) is 5.18. The minimum absolute atomic E-state index is 0.168. The molecular formula is C15H14Cl2FN. The summed E-state index contributed by atoms with van der Waals surface area (Å²) >= 11 is 12.0. The van der Waals surface area contributed by atoms with E-state index in [-0.39, 0.29) is 11.9 Å². The first-order valence-corrected chi connectivity index (χ1v) is 6.76. The molecule has 0 aliphatic rings. The maximum absolute atomic E-state index is 12.8. The number of hydrogen-bond acceptors (Lipinski definition) is 1. The predicted molar refractivity (Wildman–Crippen MR) is 79.7 cm³/mol. The molecule has 0 amide bonds. The van der Waals surface area contributed by atoms with E-state index in [4.69, 9.17) is 23.2 Å². The van der Waals surface area contributed by atoms with Crippen molar-refractivity contribution in [3.8, 4) is 0 Å². The highest BCUT2D eigenvalue weighted by atomic mass is 35.5. The molecule has 1 nitrogen and oxygen atoms in total. The highest BCUT2D eigenvalue weighted by Gasteiger charge is 2.07. The van der Waals surface area contributed by atoms with Crippen LogP contribution < -0.4 is 5.32 Å². The van der Waals surface area contributed by atoms with E-state index in [1.165, 1.54) is 12.1 Å².